The summed E-state index contributed by atoms with van der Waals surface area (Å²) in [6.45, 7) is 4.87. The highest BCUT2D eigenvalue weighted by Crippen LogP contribution is 2.32. The predicted molar refractivity (Wildman–Crippen MR) is 91.0 cm³/mol. The summed E-state index contributed by atoms with van der Waals surface area (Å²) in [5.41, 5.74) is 9.23. The number of amides is 1. The fraction of sp³-hybridized carbons (Fsp3) is 0.588. The summed E-state index contributed by atoms with van der Waals surface area (Å²) in [5, 5.41) is 3.15. The lowest BCUT2D eigenvalue weighted by Crippen LogP contribution is -2.30. The molecule has 4 heteroatoms. The normalized spacial score (nSPS) is 20.9. The van der Waals surface area contributed by atoms with Crippen molar-refractivity contribution in [3.05, 3.63) is 29.3 Å². The third-order valence-electron chi connectivity index (χ3n) is 4.52. The molecule has 0 saturated heterocycles. The number of carbonyl (C=O) groups is 1. The van der Waals surface area contributed by atoms with Gasteiger partial charge < -0.3 is 11.1 Å². The minimum Gasteiger partial charge on any atom is -0.330 e. The molecule has 21 heavy (non-hydrogen) atoms. The lowest BCUT2D eigenvalue weighted by Gasteiger charge is -2.19. The van der Waals surface area contributed by atoms with Crippen molar-refractivity contribution in [1.29, 1.82) is 0 Å². The molecule has 0 unspecified atom stereocenters. The molecule has 0 aromatic heterocycles. The second-order valence-electron chi connectivity index (χ2n) is 5.72. The van der Waals surface area contributed by atoms with Crippen LogP contribution in [0.5, 0.6) is 0 Å². The van der Waals surface area contributed by atoms with Crippen LogP contribution >= 0.6 is 12.4 Å². The summed E-state index contributed by atoms with van der Waals surface area (Å²) in [6, 6.07) is 6.39. The van der Waals surface area contributed by atoms with Crippen molar-refractivity contribution in [1.82, 2.24) is 0 Å². The van der Waals surface area contributed by atoms with Crippen LogP contribution in [0, 0.1) is 11.8 Å². The molecule has 0 aliphatic heterocycles. The van der Waals surface area contributed by atoms with Gasteiger partial charge >= 0.3 is 0 Å². The van der Waals surface area contributed by atoms with Gasteiger partial charge in [-0.05, 0) is 55.3 Å². The highest BCUT2D eigenvalue weighted by molar-refractivity contribution is 5.93. The minimum atomic E-state index is 0. The number of hydrogen-bond donors (Lipinski definition) is 2. The maximum atomic E-state index is 12.5. The molecule has 0 bridgehead atoms. The number of rotatable bonds is 5. The first-order valence-electron chi connectivity index (χ1n) is 7.82. The van der Waals surface area contributed by atoms with E-state index in [1.165, 1.54) is 11.1 Å². The number of anilines is 1. The van der Waals surface area contributed by atoms with Crippen molar-refractivity contribution in [2.24, 2.45) is 17.6 Å². The van der Waals surface area contributed by atoms with Gasteiger partial charge in [-0.1, -0.05) is 32.4 Å². The first-order chi connectivity index (χ1) is 9.69. The average Bonchev–Trinajstić information content (AvgIpc) is 2.95. The van der Waals surface area contributed by atoms with E-state index in [4.69, 9.17) is 5.73 Å². The van der Waals surface area contributed by atoms with Crippen LogP contribution in [0.3, 0.4) is 0 Å². The van der Waals surface area contributed by atoms with Crippen LogP contribution in [0.4, 0.5) is 5.69 Å². The smallest absolute Gasteiger partial charge is 0.227 e. The van der Waals surface area contributed by atoms with Gasteiger partial charge in [0.1, 0.15) is 0 Å². The number of benzene rings is 1. The molecule has 0 radical (unpaired) electrons. The van der Waals surface area contributed by atoms with Crippen molar-refractivity contribution in [2.45, 2.75) is 46.0 Å². The van der Waals surface area contributed by atoms with Crippen LogP contribution in [-0.2, 0) is 17.6 Å². The molecule has 1 aromatic carbocycles. The Kier molecular flexibility index (Phi) is 7.20. The molecule has 2 rings (SSSR count). The molecule has 1 aromatic rings. The van der Waals surface area contributed by atoms with Crippen molar-refractivity contribution in [3.8, 4) is 0 Å². The van der Waals surface area contributed by atoms with Gasteiger partial charge in [0.2, 0.25) is 5.91 Å². The first kappa shape index (κ1) is 18.0. The van der Waals surface area contributed by atoms with E-state index in [2.05, 4.69) is 37.4 Å². The third kappa shape index (κ3) is 4.21. The third-order valence-corrected chi connectivity index (χ3v) is 4.52. The van der Waals surface area contributed by atoms with Gasteiger partial charge in [-0.3, -0.25) is 4.79 Å². The predicted octanol–water partition coefficient (Wildman–Crippen LogP) is 3.55. The molecular formula is C17H27ClN2O. The van der Waals surface area contributed by atoms with Gasteiger partial charge in [0.15, 0.2) is 0 Å². The molecule has 118 valence electrons. The number of aryl methyl sites for hydroxylation is 2. The second kappa shape index (κ2) is 8.40. The average molecular weight is 311 g/mol. The number of nitrogens with two attached hydrogens (primary N) is 1. The molecular weight excluding hydrogens is 284 g/mol. The van der Waals surface area contributed by atoms with E-state index < -0.39 is 0 Å². The van der Waals surface area contributed by atoms with Crippen molar-refractivity contribution in [3.63, 3.8) is 0 Å². The molecule has 1 fully saturated rings. The standard InChI is InChI=1S/C17H26N2O.ClH/c1-3-12-8-9-13(4-2)16(10-12)19-17(20)15-7-5-6-14(15)11-18;/h8-10,14-15H,3-7,11,18H2,1-2H3,(H,19,20);1H/t14-,15-;/m1./s1. The number of nitrogens with one attached hydrogen (secondary N) is 1. The van der Waals surface area contributed by atoms with Crippen LogP contribution in [0.15, 0.2) is 18.2 Å². The fourth-order valence-electron chi connectivity index (χ4n) is 3.16. The van der Waals surface area contributed by atoms with Crippen LogP contribution in [0.1, 0.15) is 44.2 Å². The first-order valence-corrected chi connectivity index (χ1v) is 7.82. The molecule has 0 spiro atoms. The van der Waals surface area contributed by atoms with Gasteiger partial charge in [0.25, 0.3) is 0 Å². The zero-order chi connectivity index (χ0) is 14.5. The van der Waals surface area contributed by atoms with E-state index in [-0.39, 0.29) is 24.2 Å². The highest BCUT2D eigenvalue weighted by Gasteiger charge is 2.32. The maximum Gasteiger partial charge on any atom is 0.227 e. The second-order valence-corrected chi connectivity index (χ2v) is 5.72. The summed E-state index contributed by atoms with van der Waals surface area (Å²) >= 11 is 0. The molecule has 1 saturated carbocycles. The summed E-state index contributed by atoms with van der Waals surface area (Å²) in [5.74, 6) is 0.602. The van der Waals surface area contributed by atoms with Gasteiger partial charge in [-0.25, -0.2) is 0 Å². The van der Waals surface area contributed by atoms with E-state index in [1.807, 2.05) is 0 Å². The maximum absolute atomic E-state index is 12.5. The van der Waals surface area contributed by atoms with E-state index in [0.717, 1.165) is 37.8 Å². The van der Waals surface area contributed by atoms with Crippen LogP contribution in [0.25, 0.3) is 0 Å². The van der Waals surface area contributed by atoms with Crippen molar-refractivity contribution in [2.75, 3.05) is 11.9 Å². The van der Waals surface area contributed by atoms with Crippen molar-refractivity contribution >= 4 is 24.0 Å². The molecule has 3 N–H and O–H groups in total. The van der Waals surface area contributed by atoms with Gasteiger partial charge in [-0.2, -0.15) is 0 Å². The Hall–Kier alpha value is -1.06. The zero-order valence-electron chi connectivity index (χ0n) is 13.0. The minimum absolute atomic E-state index is 0. The summed E-state index contributed by atoms with van der Waals surface area (Å²) in [4.78, 5) is 12.5. The topological polar surface area (TPSA) is 55.1 Å². The molecule has 2 atom stereocenters. The number of halogens is 1. The molecule has 0 heterocycles. The quantitative estimate of drug-likeness (QED) is 0.874. The monoisotopic (exact) mass is 310 g/mol. The zero-order valence-corrected chi connectivity index (χ0v) is 13.8. The lowest BCUT2D eigenvalue weighted by atomic mass is 9.95. The van der Waals surface area contributed by atoms with Crippen LogP contribution in [0.2, 0.25) is 0 Å². The highest BCUT2D eigenvalue weighted by atomic mass is 35.5. The Morgan fingerprint density at radius 1 is 1.29 bits per heavy atom. The van der Waals surface area contributed by atoms with Crippen LogP contribution in [-0.4, -0.2) is 12.5 Å². The van der Waals surface area contributed by atoms with Gasteiger partial charge in [0.05, 0.1) is 0 Å². The molecule has 1 aliphatic carbocycles. The fourth-order valence-corrected chi connectivity index (χ4v) is 3.16. The van der Waals surface area contributed by atoms with Crippen molar-refractivity contribution < 1.29 is 4.79 Å². The van der Waals surface area contributed by atoms with Crippen LogP contribution < -0.4 is 11.1 Å². The SMILES string of the molecule is CCc1ccc(CC)c(NC(=O)[C@@H]2CCC[C@@H]2CN)c1.Cl. The Balaban J connectivity index is 0.00000220. The lowest BCUT2D eigenvalue weighted by molar-refractivity contribution is -0.120. The Bertz CT molecular complexity index is 476. The molecule has 1 amide bonds. The summed E-state index contributed by atoms with van der Waals surface area (Å²) < 4.78 is 0. The Morgan fingerprint density at radius 3 is 2.67 bits per heavy atom. The van der Waals surface area contributed by atoms with E-state index in [1.54, 1.807) is 0 Å². The number of hydrogen-bond acceptors (Lipinski definition) is 2. The molecule has 1 aliphatic rings. The summed E-state index contributed by atoms with van der Waals surface area (Å²) in [7, 11) is 0. The molecule has 3 nitrogen and oxygen atoms in total. The van der Waals surface area contributed by atoms with E-state index in [9.17, 15) is 4.79 Å². The van der Waals surface area contributed by atoms with Gasteiger partial charge in [-0.15, -0.1) is 12.4 Å². The van der Waals surface area contributed by atoms with E-state index >= 15 is 0 Å². The van der Waals surface area contributed by atoms with E-state index in [0.29, 0.717) is 12.5 Å². The number of carbonyl (C=O) groups excluding carboxylic acids is 1. The Labute approximate surface area is 134 Å². The van der Waals surface area contributed by atoms with Gasteiger partial charge in [0, 0.05) is 11.6 Å². The largest absolute Gasteiger partial charge is 0.330 e. The summed E-state index contributed by atoms with van der Waals surface area (Å²) in [6.07, 6.45) is 5.11. The Morgan fingerprint density at radius 2 is 2.05 bits per heavy atom.